The Hall–Kier alpha value is -1.86. The Bertz CT molecular complexity index is 1230. The summed E-state index contributed by atoms with van der Waals surface area (Å²) < 4.78 is 41.7. The molecule has 15 heteroatoms. The van der Waals surface area contributed by atoms with Crippen molar-refractivity contribution in [2.75, 3.05) is 41.5 Å². The molecule has 0 aromatic rings. The molecular formula is C39H67NO14. The van der Waals surface area contributed by atoms with Crippen LogP contribution in [0.15, 0.2) is 23.8 Å². The van der Waals surface area contributed by atoms with Crippen LogP contribution in [0.25, 0.3) is 0 Å². The van der Waals surface area contributed by atoms with Gasteiger partial charge in [-0.05, 0) is 66.1 Å². The number of nitrogens with zero attached hydrogens (tertiary/aromatic N) is 1. The van der Waals surface area contributed by atoms with Gasteiger partial charge in [0.15, 0.2) is 18.4 Å². The number of cyclic esters (lactones) is 1. The van der Waals surface area contributed by atoms with Gasteiger partial charge in [-0.2, -0.15) is 0 Å². The number of aliphatic hydroxyl groups excluding tert-OH is 5. The van der Waals surface area contributed by atoms with Crippen molar-refractivity contribution >= 4 is 11.8 Å². The molecule has 0 amide bonds. The summed E-state index contributed by atoms with van der Waals surface area (Å²) >= 11 is 0. The molecular weight excluding hydrogens is 706 g/mol. The maximum Gasteiger partial charge on any atom is 0.308 e. The fourth-order valence-corrected chi connectivity index (χ4v) is 7.85. The number of aliphatic hydroxyl groups is 5. The van der Waals surface area contributed by atoms with Gasteiger partial charge in [0.25, 0.3) is 0 Å². The van der Waals surface area contributed by atoms with Crippen molar-refractivity contribution in [3.05, 3.63) is 23.8 Å². The summed E-state index contributed by atoms with van der Waals surface area (Å²) in [6.45, 7) is 10.3. The Balaban J connectivity index is 1.96. The molecule has 15 nitrogen and oxygen atoms in total. The SMILES string of the molecule is CC[C@H]1OC(=O)C[C@@H](O)[C@H](C)[C@@H](O[C@@H]2O[C@H](C)[C@@H](O)[C@H](N(C)C)[C@H]2O)[C@@H](CCO)C[C@@H](C)C(=O)/C=C/C(C)=C/[C@@H]1CO[C@@H]1O[C@H](C)[C@@H](O)[C@H](OC)[C@H]1OC. The number of carbonyl (C=O) groups is 2. The number of hydrogen-bond acceptors (Lipinski definition) is 15. The maximum absolute atomic E-state index is 13.6. The van der Waals surface area contributed by atoms with E-state index in [1.54, 1.807) is 52.8 Å². The highest BCUT2D eigenvalue weighted by molar-refractivity contribution is 5.91. The standard InChI is InChI=1S/C39H67NO14/c1-11-29-26(19-50-39-37(49-10)36(48-9)33(46)24(6)52-39)16-20(2)12-13-27(42)21(3)17-25(14-15-41)35(22(4)28(43)18-30(44)53-29)54-38-34(47)31(40(7)8)32(45)23(5)51-38/h12-13,16,21-26,28-29,31-39,41,43,45-47H,11,14-15,17-19H2,1-10H3/b13-12+,20-16+/t21-,22+,23-,24-,25+,26-,28-,29-,31+,32-,33-,34-,35-,36+,37-,38+,39-/m1/s1. The first-order valence-corrected chi connectivity index (χ1v) is 19.2. The van der Waals surface area contributed by atoms with Crippen LogP contribution in [0.5, 0.6) is 0 Å². The van der Waals surface area contributed by atoms with Crippen LogP contribution in [0.2, 0.25) is 0 Å². The van der Waals surface area contributed by atoms with Crippen LogP contribution in [0, 0.1) is 23.7 Å². The summed E-state index contributed by atoms with van der Waals surface area (Å²) in [4.78, 5) is 28.8. The van der Waals surface area contributed by atoms with Crippen LogP contribution in [0.1, 0.15) is 67.2 Å². The number of allylic oxidation sites excluding steroid dienone is 3. The second-order valence-electron chi connectivity index (χ2n) is 15.5. The van der Waals surface area contributed by atoms with E-state index in [1.165, 1.54) is 20.3 Å². The number of rotatable bonds is 11. The second kappa shape index (κ2) is 21.6. The van der Waals surface area contributed by atoms with E-state index in [4.69, 9.17) is 33.2 Å². The average molecular weight is 774 g/mol. The maximum atomic E-state index is 13.6. The van der Waals surface area contributed by atoms with Crippen molar-refractivity contribution in [3.8, 4) is 0 Å². The fourth-order valence-electron chi connectivity index (χ4n) is 7.85. The number of carbonyl (C=O) groups excluding carboxylic acids is 2. The topological polar surface area (TPSA) is 203 Å². The van der Waals surface area contributed by atoms with Crippen LogP contribution in [0.4, 0.5) is 0 Å². The van der Waals surface area contributed by atoms with Gasteiger partial charge in [0.05, 0.1) is 49.6 Å². The molecule has 2 fully saturated rings. The number of esters is 1. The lowest BCUT2D eigenvalue weighted by atomic mass is 9.79. The highest BCUT2D eigenvalue weighted by Gasteiger charge is 2.48. The zero-order valence-electron chi connectivity index (χ0n) is 33.6. The minimum Gasteiger partial charge on any atom is -0.462 e. The lowest BCUT2D eigenvalue weighted by Crippen LogP contribution is -2.63. The first kappa shape index (κ1) is 46.5. The molecule has 0 radical (unpaired) electrons. The predicted molar refractivity (Wildman–Crippen MR) is 197 cm³/mol. The monoisotopic (exact) mass is 773 g/mol. The van der Waals surface area contributed by atoms with Crippen molar-refractivity contribution in [2.45, 2.75) is 147 Å². The number of ketones is 1. The summed E-state index contributed by atoms with van der Waals surface area (Å²) in [6, 6.07) is -0.720. The number of methoxy groups -OCH3 is 2. The lowest BCUT2D eigenvalue weighted by molar-refractivity contribution is -0.304. The molecule has 2 saturated heterocycles. The lowest BCUT2D eigenvalue weighted by Gasteiger charge is -2.46. The van der Waals surface area contributed by atoms with Crippen LogP contribution >= 0.6 is 0 Å². The van der Waals surface area contributed by atoms with Crippen LogP contribution in [0.3, 0.4) is 0 Å². The van der Waals surface area contributed by atoms with E-state index < -0.39 is 109 Å². The summed E-state index contributed by atoms with van der Waals surface area (Å²) in [5, 5.41) is 54.4. The molecule has 3 aliphatic heterocycles. The summed E-state index contributed by atoms with van der Waals surface area (Å²) in [5.74, 6) is -3.09. The Morgan fingerprint density at radius 3 is 2.09 bits per heavy atom. The van der Waals surface area contributed by atoms with E-state index in [0.717, 1.165) is 0 Å². The number of likely N-dealkylation sites (N-methyl/N-ethyl adjacent to an activating group) is 1. The Labute approximate surface area is 320 Å². The van der Waals surface area contributed by atoms with Crippen molar-refractivity contribution in [3.63, 3.8) is 0 Å². The quantitative estimate of drug-likeness (QED) is 0.188. The molecule has 17 atom stereocenters. The van der Waals surface area contributed by atoms with Crippen LogP contribution in [-0.4, -0.2) is 163 Å². The Kier molecular flexibility index (Phi) is 18.6. The van der Waals surface area contributed by atoms with Crippen LogP contribution in [-0.2, 0) is 42.7 Å². The van der Waals surface area contributed by atoms with Gasteiger partial charge >= 0.3 is 5.97 Å². The van der Waals surface area contributed by atoms with E-state index in [9.17, 15) is 35.1 Å². The third-order valence-electron chi connectivity index (χ3n) is 11.2. The largest absolute Gasteiger partial charge is 0.462 e. The molecule has 0 aromatic heterocycles. The fraction of sp³-hybridized carbons (Fsp3) is 0.846. The van der Waals surface area contributed by atoms with Gasteiger partial charge in [-0.25, -0.2) is 0 Å². The Morgan fingerprint density at radius 2 is 1.50 bits per heavy atom. The van der Waals surface area contributed by atoms with Gasteiger partial charge < -0.3 is 63.6 Å². The van der Waals surface area contributed by atoms with Crippen LogP contribution < -0.4 is 0 Å². The normalized spacial score (nSPS) is 43.7. The molecule has 0 aromatic carbocycles. The van der Waals surface area contributed by atoms with Gasteiger partial charge in [-0.1, -0.05) is 38.5 Å². The third-order valence-corrected chi connectivity index (χ3v) is 11.2. The predicted octanol–water partition coefficient (Wildman–Crippen LogP) is 1.36. The third kappa shape index (κ3) is 11.8. The first-order chi connectivity index (χ1) is 25.5. The molecule has 0 bridgehead atoms. The summed E-state index contributed by atoms with van der Waals surface area (Å²) in [7, 11) is 6.40. The van der Waals surface area contributed by atoms with E-state index in [0.29, 0.717) is 12.0 Å². The molecule has 3 rings (SSSR count). The van der Waals surface area contributed by atoms with E-state index in [1.807, 2.05) is 19.9 Å². The van der Waals surface area contributed by atoms with Crippen molar-refractivity contribution < 1.29 is 68.3 Å². The highest BCUT2D eigenvalue weighted by atomic mass is 16.7. The van der Waals surface area contributed by atoms with Gasteiger partial charge in [-0.3, -0.25) is 9.59 Å². The van der Waals surface area contributed by atoms with Gasteiger partial charge in [0, 0.05) is 38.6 Å². The van der Waals surface area contributed by atoms with Crippen molar-refractivity contribution in [2.24, 2.45) is 23.7 Å². The zero-order chi connectivity index (χ0) is 40.4. The smallest absolute Gasteiger partial charge is 0.308 e. The van der Waals surface area contributed by atoms with Crippen molar-refractivity contribution in [1.82, 2.24) is 4.90 Å². The molecule has 5 N–H and O–H groups in total. The minimum atomic E-state index is -1.28. The first-order valence-electron chi connectivity index (χ1n) is 19.2. The minimum absolute atomic E-state index is 0.0214. The van der Waals surface area contributed by atoms with E-state index in [2.05, 4.69) is 0 Å². The average Bonchev–Trinajstić information content (AvgIpc) is 3.12. The van der Waals surface area contributed by atoms with E-state index >= 15 is 0 Å². The molecule has 0 unspecified atom stereocenters. The van der Waals surface area contributed by atoms with Gasteiger partial charge in [0.2, 0.25) is 0 Å². The number of ether oxygens (including phenoxy) is 7. The van der Waals surface area contributed by atoms with Gasteiger partial charge in [0.1, 0.15) is 30.5 Å². The summed E-state index contributed by atoms with van der Waals surface area (Å²) in [6.07, 6.45) is -5.44. The molecule has 3 heterocycles. The second-order valence-corrected chi connectivity index (χ2v) is 15.5. The molecule has 0 aliphatic carbocycles. The van der Waals surface area contributed by atoms with E-state index in [-0.39, 0.29) is 38.3 Å². The van der Waals surface area contributed by atoms with Crippen molar-refractivity contribution in [1.29, 1.82) is 0 Å². The molecule has 54 heavy (non-hydrogen) atoms. The molecule has 0 saturated carbocycles. The molecule has 0 spiro atoms. The zero-order valence-corrected chi connectivity index (χ0v) is 33.6. The van der Waals surface area contributed by atoms with Gasteiger partial charge in [-0.15, -0.1) is 0 Å². The summed E-state index contributed by atoms with van der Waals surface area (Å²) in [5.41, 5.74) is 0.717. The Morgan fingerprint density at radius 1 is 0.870 bits per heavy atom. The highest BCUT2D eigenvalue weighted by Crippen LogP contribution is 2.35. The molecule has 312 valence electrons. The number of hydrogen-bond donors (Lipinski definition) is 5. The molecule has 3 aliphatic rings.